The van der Waals surface area contributed by atoms with Gasteiger partial charge in [0.15, 0.2) is 0 Å². The van der Waals surface area contributed by atoms with Gasteiger partial charge >= 0.3 is 0 Å². The molecule has 0 bridgehead atoms. The molecule has 1 saturated heterocycles. The molecule has 0 spiro atoms. The second-order valence-electron chi connectivity index (χ2n) is 7.12. The number of carbonyl (C=O) groups excluding carboxylic acids is 1. The molecule has 4 rings (SSSR count). The van der Waals surface area contributed by atoms with Gasteiger partial charge in [0.05, 0.1) is 0 Å². The highest BCUT2D eigenvalue weighted by molar-refractivity contribution is 5.92. The van der Waals surface area contributed by atoms with Gasteiger partial charge in [-0.15, -0.1) is 0 Å². The SMILES string of the molecule is Cc1cc(/C=C/C(=O)N2CCN(c3ncccn3)CC2)c(C)n1C1CC1. The summed E-state index contributed by atoms with van der Waals surface area (Å²) in [6.45, 7) is 7.22. The average molecular weight is 351 g/mol. The van der Waals surface area contributed by atoms with E-state index in [1.54, 1.807) is 18.5 Å². The molecular formula is C20H25N5O. The Labute approximate surface area is 154 Å². The summed E-state index contributed by atoms with van der Waals surface area (Å²) in [4.78, 5) is 25.1. The summed E-state index contributed by atoms with van der Waals surface area (Å²) < 4.78 is 2.41. The maximum absolute atomic E-state index is 12.5. The van der Waals surface area contributed by atoms with E-state index in [0.717, 1.165) is 24.6 Å². The highest BCUT2D eigenvalue weighted by Gasteiger charge is 2.26. The predicted molar refractivity (Wildman–Crippen MR) is 102 cm³/mol. The van der Waals surface area contributed by atoms with Crippen molar-refractivity contribution in [2.24, 2.45) is 0 Å². The van der Waals surface area contributed by atoms with Gasteiger partial charge in [-0.3, -0.25) is 4.79 Å². The van der Waals surface area contributed by atoms with Gasteiger partial charge in [0.1, 0.15) is 0 Å². The summed E-state index contributed by atoms with van der Waals surface area (Å²) in [6, 6.07) is 4.66. The van der Waals surface area contributed by atoms with Gasteiger partial charge in [0.25, 0.3) is 0 Å². The molecule has 3 heterocycles. The number of anilines is 1. The van der Waals surface area contributed by atoms with E-state index < -0.39 is 0 Å². The summed E-state index contributed by atoms with van der Waals surface area (Å²) in [5.74, 6) is 0.817. The molecule has 0 atom stereocenters. The van der Waals surface area contributed by atoms with E-state index >= 15 is 0 Å². The normalized spacial score (nSPS) is 17.9. The van der Waals surface area contributed by atoms with Crippen molar-refractivity contribution in [3.63, 3.8) is 0 Å². The summed E-state index contributed by atoms with van der Waals surface area (Å²) in [5.41, 5.74) is 3.70. The first kappa shape index (κ1) is 16.8. The summed E-state index contributed by atoms with van der Waals surface area (Å²) in [7, 11) is 0. The molecular weight excluding hydrogens is 326 g/mol. The summed E-state index contributed by atoms with van der Waals surface area (Å²) >= 11 is 0. The maximum Gasteiger partial charge on any atom is 0.246 e. The maximum atomic E-state index is 12.5. The zero-order valence-electron chi connectivity index (χ0n) is 15.4. The van der Waals surface area contributed by atoms with Crippen molar-refractivity contribution in [1.82, 2.24) is 19.4 Å². The van der Waals surface area contributed by atoms with Crippen molar-refractivity contribution in [3.05, 3.63) is 47.6 Å². The summed E-state index contributed by atoms with van der Waals surface area (Å²) in [5, 5.41) is 0. The largest absolute Gasteiger partial charge is 0.346 e. The minimum absolute atomic E-state index is 0.0786. The van der Waals surface area contributed by atoms with Crippen molar-refractivity contribution in [2.75, 3.05) is 31.1 Å². The molecule has 6 nitrogen and oxygen atoms in total. The molecule has 2 fully saturated rings. The lowest BCUT2D eigenvalue weighted by molar-refractivity contribution is -0.126. The monoisotopic (exact) mass is 351 g/mol. The number of aryl methyl sites for hydroxylation is 1. The Balaban J connectivity index is 1.37. The lowest BCUT2D eigenvalue weighted by Gasteiger charge is -2.34. The molecule has 0 radical (unpaired) electrons. The highest BCUT2D eigenvalue weighted by atomic mass is 16.2. The number of nitrogens with zero attached hydrogens (tertiary/aromatic N) is 5. The first-order valence-corrected chi connectivity index (χ1v) is 9.31. The molecule has 2 aliphatic rings. The number of piperazine rings is 1. The molecule has 0 unspecified atom stereocenters. The van der Waals surface area contributed by atoms with Gasteiger partial charge in [0.2, 0.25) is 11.9 Å². The standard InChI is InChI=1S/C20H25N5O/c1-15-14-17(16(2)25(15)18-5-6-18)4-7-19(26)23-10-12-24(13-11-23)20-21-8-3-9-22-20/h3-4,7-9,14,18H,5-6,10-13H2,1-2H3/b7-4+. The van der Waals surface area contributed by atoms with E-state index in [2.05, 4.69) is 39.3 Å². The Morgan fingerprint density at radius 1 is 1.12 bits per heavy atom. The molecule has 26 heavy (non-hydrogen) atoms. The van der Waals surface area contributed by atoms with Crippen molar-refractivity contribution >= 4 is 17.9 Å². The average Bonchev–Trinajstić information content (AvgIpc) is 3.46. The Hall–Kier alpha value is -2.63. The molecule has 136 valence electrons. The van der Waals surface area contributed by atoms with Crippen LogP contribution in [0, 0.1) is 13.8 Å². The molecule has 2 aromatic heterocycles. The van der Waals surface area contributed by atoms with Crippen LogP contribution in [-0.2, 0) is 4.79 Å². The number of aromatic nitrogens is 3. The van der Waals surface area contributed by atoms with E-state index in [4.69, 9.17) is 0 Å². The topological polar surface area (TPSA) is 54.3 Å². The first-order chi connectivity index (χ1) is 12.6. The van der Waals surface area contributed by atoms with Crippen LogP contribution in [0.3, 0.4) is 0 Å². The van der Waals surface area contributed by atoms with E-state index in [1.165, 1.54) is 24.2 Å². The Morgan fingerprint density at radius 3 is 2.46 bits per heavy atom. The third kappa shape index (κ3) is 3.36. The Bertz CT molecular complexity index is 814. The number of amides is 1. The third-order valence-corrected chi connectivity index (χ3v) is 5.27. The van der Waals surface area contributed by atoms with Crippen LogP contribution in [0.25, 0.3) is 6.08 Å². The molecule has 1 saturated carbocycles. The molecule has 0 N–H and O–H groups in total. The second-order valence-corrected chi connectivity index (χ2v) is 7.12. The van der Waals surface area contributed by atoms with Crippen LogP contribution in [0.1, 0.15) is 35.8 Å². The fraction of sp³-hybridized carbons (Fsp3) is 0.450. The smallest absolute Gasteiger partial charge is 0.246 e. The number of carbonyl (C=O) groups is 1. The number of rotatable bonds is 4. The van der Waals surface area contributed by atoms with Crippen LogP contribution in [0.4, 0.5) is 5.95 Å². The van der Waals surface area contributed by atoms with Gasteiger partial charge in [-0.05, 0) is 50.5 Å². The van der Waals surface area contributed by atoms with Gasteiger partial charge in [-0.2, -0.15) is 0 Å². The van der Waals surface area contributed by atoms with Gasteiger partial charge in [-0.25, -0.2) is 9.97 Å². The Kier molecular flexibility index (Phi) is 4.49. The minimum atomic E-state index is 0.0786. The van der Waals surface area contributed by atoms with Crippen LogP contribution in [-0.4, -0.2) is 51.5 Å². The van der Waals surface area contributed by atoms with Gasteiger partial charge in [0, 0.05) is 62.1 Å². The molecule has 1 aliphatic heterocycles. The zero-order valence-corrected chi connectivity index (χ0v) is 15.4. The zero-order chi connectivity index (χ0) is 18.1. The number of hydrogen-bond acceptors (Lipinski definition) is 4. The van der Waals surface area contributed by atoms with Crippen molar-refractivity contribution in [1.29, 1.82) is 0 Å². The highest BCUT2D eigenvalue weighted by Crippen LogP contribution is 2.38. The van der Waals surface area contributed by atoms with Crippen LogP contribution in [0.5, 0.6) is 0 Å². The molecule has 2 aromatic rings. The van der Waals surface area contributed by atoms with Crippen molar-refractivity contribution in [2.45, 2.75) is 32.7 Å². The lowest BCUT2D eigenvalue weighted by Crippen LogP contribution is -2.48. The first-order valence-electron chi connectivity index (χ1n) is 9.31. The second kappa shape index (κ2) is 6.94. The number of hydrogen-bond donors (Lipinski definition) is 0. The molecule has 0 aromatic carbocycles. The van der Waals surface area contributed by atoms with Gasteiger partial charge in [-0.1, -0.05) is 0 Å². The third-order valence-electron chi connectivity index (χ3n) is 5.27. The van der Waals surface area contributed by atoms with E-state index in [0.29, 0.717) is 19.1 Å². The fourth-order valence-electron chi connectivity index (χ4n) is 3.71. The predicted octanol–water partition coefficient (Wildman–Crippen LogP) is 2.59. The molecule has 1 amide bonds. The fourth-order valence-corrected chi connectivity index (χ4v) is 3.71. The molecule has 6 heteroatoms. The summed E-state index contributed by atoms with van der Waals surface area (Å²) in [6.07, 6.45) is 9.73. The molecule has 1 aliphatic carbocycles. The van der Waals surface area contributed by atoms with Gasteiger partial charge < -0.3 is 14.4 Å². The van der Waals surface area contributed by atoms with Crippen LogP contribution in [0.2, 0.25) is 0 Å². The van der Waals surface area contributed by atoms with E-state index in [9.17, 15) is 4.79 Å². The lowest BCUT2D eigenvalue weighted by atomic mass is 10.2. The quantitative estimate of drug-likeness (QED) is 0.795. The van der Waals surface area contributed by atoms with Crippen molar-refractivity contribution < 1.29 is 4.79 Å². The van der Waals surface area contributed by atoms with E-state index in [-0.39, 0.29) is 5.91 Å². The van der Waals surface area contributed by atoms with E-state index in [1.807, 2.05) is 17.0 Å². The van der Waals surface area contributed by atoms with Crippen LogP contribution < -0.4 is 4.90 Å². The Morgan fingerprint density at radius 2 is 1.81 bits per heavy atom. The van der Waals surface area contributed by atoms with Crippen molar-refractivity contribution in [3.8, 4) is 0 Å². The van der Waals surface area contributed by atoms with Crippen LogP contribution >= 0.6 is 0 Å². The van der Waals surface area contributed by atoms with Crippen LogP contribution in [0.15, 0.2) is 30.6 Å². The minimum Gasteiger partial charge on any atom is -0.346 e.